The van der Waals surface area contributed by atoms with Gasteiger partial charge in [0, 0.05) is 10.1 Å². The molecule has 1 N–H and O–H groups in total. The maximum atomic E-state index is 11.6. The van der Waals surface area contributed by atoms with Gasteiger partial charge in [-0.05, 0) is 52.3 Å². The number of carbonyl (C=O) groups excluding carboxylic acids is 1. The monoisotopic (exact) mass is 381 g/mol. The van der Waals surface area contributed by atoms with Gasteiger partial charge in [0.1, 0.15) is 6.61 Å². The van der Waals surface area contributed by atoms with Gasteiger partial charge in [-0.25, -0.2) is 4.79 Å². The molecule has 20 heavy (non-hydrogen) atoms. The van der Waals surface area contributed by atoms with Crippen LogP contribution in [0, 0.1) is 10.5 Å². The Hall–Kier alpha value is -1.56. The third-order valence-electron chi connectivity index (χ3n) is 2.87. The first-order valence-corrected chi connectivity index (χ1v) is 7.42. The molecule has 2 aromatic rings. The van der Waals surface area contributed by atoms with E-state index in [4.69, 9.17) is 4.74 Å². The minimum absolute atomic E-state index is 0.290. The Kier molecular flexibility index (Phi) is 5.40. The number of hydrogen-bond acceptors (Lipinski definition) is 2. The van der Waals surface area contributed by atoms with E-state index in [1.807, 2.05) is 42.5 Å². The summed E-state index contributed by atoms with van der Waals surface area (Å²) in [6.07, 6.45) is -0.398. The first-order valence-electron chi connectivity index (χ1n) is 6.35. The summed E-state index contributed by atoms with van der Waals surface area (Å²) in [4.78, 5) is 11.6. The summed E-state index contributed by atoms with van der Waals surface area (Å²) in [6.45, 7) is 2.82. The van der Waals surface area contributed by atoms with Crippen molar-refractivity contribution >= 4 is 28.7 Å². The molecule has 0 aromatic heterocycles. The molecule has 0 aliphatic carbocycles. The lowest BCUT2D eigenvalue weighted by molar-refractivity contribution is 0.139. The second kappa shape index (κ2) is 7.28. The van der Waals surface area contributed by atoms with E-state index in [0.717, 1.165) is 11.1 Å². The van der Waals surface area contributed by atoms with Crippen molar-refractivity contribution < 1.29 is 9.53 Å². The van der Waals surface area contributed by atoms with Gasteiger partial charge in [-0.2, -0.15) is 0 Å². The molecule has 0 atom stereocenters. The van der Waals surface area contributed by atoms with Crippen LogP contribution >= 0.6 is 22.6 Å². The number of halogens is 1. The zero-order valence-electron chi connectivity index (χ0n) is 11.2. The molecule has 3 nitrogen and oxygen atoms in total. The topological polar surface area (TPSA) is 38.3 Å². The number of alkyl carbamates (subject to hydrolysis) is 1. The maximum absolute atomic E-state index is 11.6. The highest BCUT2D eigenvalue weighted by molar-refractivity contribution is 14.1. The molecule has 0 spiro atoms. The minimum atomic E-state index is -0.398. The number of benzene rings is 2. The third-order valence-corrected chi connectivity index (χ3v) is 4.08. The van der Waals surface area contributed by atoms with Gasteiger partial charge in [-0.15, -0.1) is 0 Å². The molecule has 0 saturated carbocycles. The molecule has 0 aliphatic heterocycles. The molecule has 2 aromatic carbocycles. The smallest absolute Gasteiger partial charge is 0.407 e. The summed E-state index contributed by atoms with van der Waals surface area (Å²) in [5.41, 5.74) is 3.26. The third kappa shape index (κ3) is 4.52. The first-order chi connectivity index (χ1) is 9.65. The van der Waals surface area contributed by atoms with Crippen LogP contribution in [-0.4, -0.2) is 6.09 Å². The molecule has 0 unspecified atom stereocenters. The molecule has 104 valence electrons. The second-order valence-electron chi connectivity index (χ2n) is 4.50. The van der Waals surface area contributed by atoms with Crippen LogP contribution in [0.2, 0.25) is 0 Å². The molecule has 4 heteroatoms. The van der Waals surface area contributed by atoms with Crippen molar-refractivity contribution in [3.05, 3.63) is 68.8 Å². The van der Waals surface area contributed by atoms with Gasteiger partial charge in [0.2, 0.25) is 0 Å². The van der Waals surface area contributed by atoms with Crippen LogP contribution in [-0.2, 0) is 17.9 Å². The molecule has 0 saturated heterocycles. The number of nitrogens with one attached hydrogen (secondary N) is 1. The van der Waals surface area contributed by atoms with Crippen LogP contribution < -0.4 is 5.32 Å². The van der Waals surface area contributed by atoms with E-state index in [1.165, 1.54) is 9.13 Å². The van der Waals surface area contributed by atoms with Crippen LogP contribution in [0.4, 0.5) is 4.79 Å². The van der Waals surface area contributed by atoms with E-state index in [0.29, 0.717) is 13.2 Å². The van der Waals surface area contributed by atoms with Gasteiger partial charge in [-0.3, -0.25) is 0 Å². The fraction of sp³-hybridized carbons (Fsp3) is 0.188. The molecule has 0 radical (unpaired) electrons. The Balaban J connectivity index is 1.79. The maximum Gasteiger partial charge on any atom is 0.407 e. The Bertz CT molecular complexity index is 584. The van der Waals surface area contributed by atoms with Crippen molar-refractivity contribution in [2.24, 2.45) is 0 Å². The normalized spacial score (nSPS) is 10.1. The van der Waals surface area contributed by atoms with Gasteiger partial charge in [0.15, 0.2) is 0 Å². The molecule has 2 rings (SSSR count). The van der Waals surface area contributed by atoms with E-state index in [9.17, 15) is 4.79 Å². The van der Waals surface area contributed by atoms with Crippen molar-refractivity contribution in [1.29, 1.82) is 0 Å². The number of rotatable bonds is 4. The highest BCUT2D eigenvalue weighted by Crippen LogP contribution is 2.13. The van der Waals surface area contributed by atoms with Gasteiger partial charge < -0.3 is 10.1 Å². The summed E-state index contributed by atoms with van der Waals surface area (Å²) in [6, 6.07) is 15.7. The van der Waals surface area contributed by atoms with Crippen molar-refractivity contribution in [2.75, 3.05) is 0 Å². The Morgan fingerprint density at radius 2 is 1.90 bits per heavy atom. The lowest BCUT2D eigenvalue weighted by Gasteiger charge is -2.08. The summed E-state index contributed by atoms with van der Waals surface area (Å²) < 4.78 is 6.37. The highest BCUT2D eigenvalue weighted by atomic mass is 127. The minimum Gasteiger partial charge on any atom is -0.445 e. The van der Waals surface area contributed by atoms with E-state index in [1.54, 1.807) is 0 Å². The number of carbonyl (C=O) groups is 1. The SMILES string of the molecule is Cc1cc(CNC(=O)OCc2ccccc2)ccc1I. The van der Waals surface area contributed by atoms with Gasteiger partial charge in [0.25, 0.3) is 0 Å². The Labute approximate surface area is 132 Å². The van der Waals surface area contributed by atoms with Crippen LogP contribution in [0.5, 0.6) is 0 Å². The molecule has 0 aliphatic rings. The standard InChI is InChI=1S/C16H16INO2/c1-12-9-14(7-8-15(12)17)10-18-16(19)20-11-13-5-3-2-4-6-13/h2-9H,10-11H2,1H3,(H,18,19). The summed E-state index contributed by atoms with van der Waals surface area (Å²) in [5.74, 6) is 0. The van der Waals surface area contributed by atoms with Crippen LogP contribution in [0.3, 0.4) is 0 Å². The lowest BCUT2D eigenvalue weighted by Crippen LogP contribution is -2.23. The van der Waals surface area contributed by atoms with E-state index >= 15 is 0 Å². The molecule has 0 heterocycles. The summed E-state index contributed by atoms with van der Waals surface area (Å²) >= 11 is 2.29. The average Bonchev–Trinajstić information content (AvgIpc) is 2.47. The lowest BCUT2D eigenvalue weighted by atomic mass is 10.1. The molecule has 1 amide bonds. The van der Waals surface area contributed by atoms with Gasteiger partial charge in [-0.1, -0.05) is 42.5 Å². The zero-order chi connectivity index (χ0) is 14.4. The van der Waals surface area contributed by atoms with E-state index in [2.05, 4.69) is 40.9 Å². The summed E-state index contributed by atoms with van der Waals surface area (Å²) in [5, 5.41) is 2.75. The van der Waals surface area contributed by atoms with Crippen molar-refractivity contribution in [1.82, 2.24) is 5.32 Å². The van der Waals surface area contributed by atoms with Crippen LogP contribution in [0.1, 0.15) is 16.7 Å². The zero-order valence-corrected chi connectivity index (χ0v) is 13.4. The highest BCUT2D eigenvalue weighted by Gasteiger charge is 2.03. The molecular weight excluding hydrogens is 365 g/mol. The number of hydrogen-bond donors (Lipinski definition) is 1. The van der Waals surface area contributed by atoms with Crippen molar-refractivity contribution in [2.45, 2.75) is 20.1 Å². The molecule has 0 bridgehead atoms. The second-order valence-corrected chi connectivity index (χ2v) is 5.66. The van der Waals surface area contributed by atoms with Crippen molar-refractivity contribution in [3.63, 3.8) is 0 Å². The summed E-state index contributed by atoms with van der Waals surface area (Å²) in [7, 11) is 0. The Morgan fingerprint density at radius 3 is 2.60 bits per heavy atom. The Morgan fingerprint density at radius 1 is 1.15 bits per heavy atom. The average molecular weight is 381 g/mol. The largest absolute Gasteiger partial charge is 0.445 e. The van der Waals surface area contributed by atoms with Crippen molar-refractivity contribution in [3.8, 4) is 0 Å². The number of ether oxygens (including phenoxy) is 1. The fourth-order valence-electron chi connectivity index (χ4n) is 1.77. The van der Waals surface area contributed by atoms with Gasteiger partial charge >= 0.3 is 6.09 Å². The van der Waals surface area contributed by atoms with Gasteiger partial charge in [0.05, 0.1) is 0 Å². The molecule has 0 fully saturated rings. The predicted molar refractivity (Wildman–Crippen MR) is 87.4 cm³/mol. The number of amides is 1. The van der Waals surface area contributed by atoms with Crippen LogP contribution in [0.25, 0.3) is 0 Å². The molecular formula is C16H16INO2. The predicted octanol–water partition coefficient (Wildman–Crippen LogP) is 4.03. The first kappa shape index (κ1) is 14.8. The number of aryl methyl sites for hydroxylation is 1. The van der Waals surface area contributed by atoms with Crippen LogP contribution in [0.15, 0.2) is 48.5 Å². The quantitative estimate of drug-likeness (QED) is 0.813. The van der Waals surface area contributed by atoms with E-state index < -0.39 is 6.09 Å². The fourth-order valence-corrected chi connectivity index (χ4v) is 2.10. The van der Waals surface area contributed by atoms with E-state index in [-0.39, 0.29) is 0 Å².